The molecule has 2 aromatic rings. The second-order valence-corrected chi connectivity index (χ2v) is 7.09. The molecule has 1 atom stereocenters. The van der Waals surface area contributed by atoms with E-state index in [4.69, 9.17) is 23.7 Å². The lowest BCUT2D eigenvalue weighted by atomic mass is 9.95. The Labute approximate surface area is 196 Å². The second kappa shape index (κ2) is 11.1. The Kier molecular flexibility index (Phi) is 7.96. The maximum absolute atomic E-state index is 12.8. The van der Waals surface area contributed by atoms with Crippen LogP contribution in [0, 0.1) is 0 Å². The van der Waals surface area contributed by atoms with Crippen molar-refractivity contribution in [3.63, 3.8) is 0 Å². The van der Waals surface area contributed by atoms with Gasteiger partial charge in [0, 0.05) is 6.07 Å². The molecule has 1 aliphatic heterocycles. The van der Waals surface area contributed by atoms with Crippen LogP contribution in [0.15, 0.2) is 53.7 Å². The number of rotatable bonds is 9. The van der Waals surface area contributed by atoms with Gasteiger partial charge in [-0.25, -0.2) is 14.4 Å². The van der Waals surface area contributed by atoms with Gasteiger partial charge in [0.25, 0.3) is 0 Å². The first kappa shape index (κ1) is 24.4. The average molecular weight is 470 g/mol. The standard InChI is InChI=1S/C24H26N2O8/c1-5-33-23(28)20-19(13-34-22(27)15-10-17(31-3)12-18(11-15)32-4)25-24(29)26-21(20)14-6-8-16(30-2)9-7-14/h6-12,21H,5,13H2,1-4H3,(H2,25,26,29). The Hall–Kier alpha value is -4.21. The predicted octanol–water partition coefficient (Wildman–Crippen LogP) is 2.74. The van der Waals surface area contributed by atoms with E-state index in [0.717, 1.165) is 0 Å². The van der Waals surface area contributed by atoms with Crippen molar-refractivity contribution in [3.05, 3.63) is 64.9 Å². The first-order chi connectivity index (χ1) is 16.4. The molecule has 10 heteroatoms. The number of hydrogen-bond acceptors (Lipinski definition) is 8. The number of hydrogen-bond donors (Lipinski definition) is 2. The van der Waals surface area contributed by atoms with E-state index in [1.165, 1.54) is 33.5 Å². The van der Waals surface area contributed by atoms with Gasteiger partial charge >= 0.3 is 18.0 Å². The third kappa shape index (κ3) is 5.58. The van der Waals surface area contributed by atoms with E-state index in [-0.39, 0.29) is 30.0 Å². The molecule has 2 N–H and O–H groups in total. The lowest BCUT2D eigenvalue weighted by Gasteiger charge is -2.29. The minimum Gasteiger partial charge on any atom is -0.497 e. The summed E-state index contributed by atoms with van der Waals surface area (Å²) in [5.41, 5.74) is 1.05. The highest BCUT2D eigenvalue weighted by molar-refractivity contribution is 5.95. The fourth-order valence-electron chi connectivity index (χ4n) is 3.37. The molecule has 34 heavy (non-hydrogen) atoms. The third-order valence-corrected chi connectivity index (χ3v) is 5.03. The highest BCUT2D eigenvalue weighted by Crippen LogP contribution is 2.29. The smallest absolute Gasteiger partial charge is 0.338 e. The van der Waals surface area contributed by atoms with E-state index in [0.29, 0.717) is 22.8 Å². The minimum absolute atomic E-state index is 0.117. The zero-order chi connectivity index (χ0) is 24.7. The molecule has 0 bridgehead atoms. The molecule has 0 fully saturated rings. The van der Waals surface area contributed by atoms with Crippen LogP contribution in [0.25, 0.3) is 0 Å². The van der Waals surface area contributed by atoms with Crippen molar-refractivity contribution in [2.24, 2.45) is 0 Å². The molecule has 1 aliphatic rings. The Morgan fingerprint density at radius 1 is 0.853 bits per heavy atom. The maximum atomic E-state index is 12.8. The number of esters is 2. The van der Waals surface area contributed by atoms with E-state index in [2.05, 4.69) is 10.6 Å². The third-order valence-electron chi connectivity index (χ3n) is 5.03. The van der Waals surface area contributed by atoms with Crippen LogP contribution in [0.5, 0.6) is 17.2 Å². The normalized spacial score (nSPS) is 15.1. The van der Waals surface area contributed by atoms with Crippen LogP contribution in [0.2, 0.25) is 0 Å². The zero-order valence-corrected chi connectivity index (χ0v) is 19.3. The topological polar surface area (TPSA) is 121 Å². The van der Waals surface area contributed by atoms with E-state index in [1.54, 1.807) is 37.3 Å². The maximum Gasteiger partial charge on any atom is 0.338 e. The fourth-order valence-corrected chi connectivity index (χ4v) is 3.37. The van der Waals surface area contributed by atoms with E-state index >= 15 is 0 Å². The summed E-state index contributed by atoms with van der Waals surface area (Å²) in [6.45, 7) is 1.43. The van der Waals surface area contributed by atoms with Gasteiger partial charge < -0.3 is 34.3 Å². The monoisotopic (exact) mass is 470 g/mol. The predicted molar refractivity (Wildman–Crippen MR) is 121 cm³/mol. The van der Waals surface area contributed by atoms with Gasteiger partial charge in [-0.2, -0.15) is 0 Å². The molecule has 2 aromatic carbocycles. The first-order valence-electron chi connectivity index (χ1n) is 10.4. The second-order valence-electron chi connectivity index (χ2n) is 7.09. The molecule has 3 rings (SSSR count). The van der Waals surface area contributed by atoms with Gasteiger partial charge in [-0.05, 0) is 36.8 Å². The number of ether oxygens (including phenoxy) is 5. The summed E-state index contributed by atoms with van der Waals surface area (Å²) in [5.74, 6) is 0.0973. The summed E-state index contributed by atoms with van der Waals surface area (Å²) >= 11 is 0. The van der Waals surface area contributed by atoms with Gasteiger partial charge in [-0.3, -0.25) is 0 Å². The number of nitrogens with one attached hydrogen (secondary N) is 2. The van der Waals surface area contributed by atoms with Gasteiger partial charge in [0.15, 0.2) is 0 Å². The van der Waals surface area contributed by atoms with Gasteiger partial charge in [-0.1, -0.05) is 12.1 Å². The minimum atomic E-state index is -0.815. The zero-order valence-electron chi connectivity index (χ0n) is 19.3. The quantitative estimate of drug-likeness (QED) is 0.537. The molecule has 0 radical (unpaired) electrons. The summed E-state index contributed by atoms with van der Waals surface area (Å²) in [4.78, 5) is 37.9. The van der Waals surface area contributed by atoms with Crippen LogP contribution in [0.1, 0.15) is 28.9 Å². The highest BCUT2D eigenvalue weighted by Gasteiger charge is 2.34. The van der Waals surface area contributed by atoms with Crippen LogP contribution in [-0.2, 0) is 14.3 Å². The lowest BCUT2D eigenvalue weighted by molar-refractivity contribution is -0.139. The molecule has 0 aliphatic carbocycles. The summed E-state index contributed by atoms with van der Waals surface area (Å²) < 4.78 is 26.2. The van der Waals surface area contributed by atoms with Gasteiger partial charge in [-0.15, -0.1) is 0 Å². The number of benzene rings is 2. The van der Waals surface area contributed by atoms with Crippen molar-refractivity contribution >= 4 is 18.0 Å². The molecule has 0 spiro atoms. The molecular formula is C24H26N2O8. The fraction of sp³-hybridized carbons (Fsp3) is 0.292. The number of methoxy groups -OCH3 is 3. The van der Waals surface area contributed by atoms with Crippen molar-refractivity contribution in [1.82, 2.24) is 10.6 Å². The first-order valence-corrected chi connectivity index (χ1v) is 10.4. The molecule has 1 unspecified atom stereocenters. The van der Waals surface area contributed by atoms with Crippen molar-refractivity contribution in [2.45, 2.75) is 13.0 Å². The molecule has 10 nitrogen and oxygen atoms in total. The SMILES string of the molecule is CCOC(=O)C1=C(COC(=O)c2cc(OC)cc(OC)c2)NC(=O)NC1c1ccc(OC)cc1. The summed E-state index contributed by atoms with van der Waals surface area (Å²) in [6, 6.07) is 10.1. The van der Waals surface area contributed by atoms with Crippen molar-refractivity contribution in [2.75, 3.05) is 34.5 Å². The average Bonchev–Trinajstić information content (AvgIpc) is 2.86. The van der Waals surface area contributed by atoms with Crippen LogP contribution in [0.4, 0.5) is 4.79 Å². The highest BCUT2D eigenvalue weighted by atomic mass is 16.5. The molecule has 2 amide bonds. The van der Waals surface area contributed by atoms with Gasteiger partial charge in [0.05, 0.1) is 50.8 Å². The Bertz CT molecular complexity index is 1070. The van der Waals surface area contributed by atoms with Crippen molar-refractivity contribution in [3.8, 4) is 17.2 Å². The van der Waals surface area contributed by atoms with Crippen molar-refractivity contribution < 1.29 is 38.1 Å². The van der Waals surface area contributed by atoms with Gasteiger partial charge in [0.1, 0.15) is 23.9 Å². The Morgan fingerprint density at radius 2 is 1.47 bits per heavy atom. The molecule has 180 valence electrons. The van der Waals surface area contributed by atoms with E-state index in [1.807, 2.05) is 0 Å². The molecule has 0 saturated carbocycles. The Morgan fingerprint density at radius 3 is 2.03 bits per heavy atom. The molecule has 1 heterocycles. The Balaban J connectivity index is 1.92. The van der Waals surface area contributed by atoms with Gasteiger partial charge in [0.2, 0.25) is 0 Å². The van der Waals surface area contributed by atoms with Crippen molar-refractivity contribution in [1.29, 1.82) is 0 Å². The largest absolute Gasteiger partial charge is 0.497 e. The molecular weight excluding hydrogens is 444 g/mol. The number of urea groups is 1. The van der Waals surface area contributed by atoms with E-state index in [9.17, 15) is 14.4 Å². The summed E-state index contributed by atoms with van der Waals surface area (Å²) in [6.07, 6.45) is 0. The number of carbonyl (C=O) groups is 3. The molecule has 0 saturated heterocycles. The van der Waals surface area contributed by atoms with Crippen LogP contribution < -0.4 is 24.8 Å². The van der Waals surface area contributed by atoms with Crippen LogP contribution >= 0.6 is 0 Å². The molecule has 0 aromatic heterocycles. The number of amides is 2. The summed E-state index contributed by atoms with van der Waals surface area (Å²) in [7, 11) is 4.46. The van der Waals surface area contributed by atoms with E-state index < -0.39 is 24.0 Å². The lowest BCUT2D eigenvalue weighted by Crippen LogP contribution is -2.47. The van der Waals surface area contributed by atoms with Crippen LogP contribution in [0.3, 0.4) is 0 Å². The summed E-state index contributed by atoms with van der Waals surface area (Å²) in [5, 5.41) is 5.27. The van der Waals surface area contributed by atoms with Crippen LogP contribution in [-0.4, -0.2) is 52.5 Å². The number of carbonyl (C=O) groups excluding carboxylic acids is 3.